The van der Waals surface area contributed by atoms with Gasteiger partial charge in [0.05, 0.1) is 0 Å². The summed E-state index contributed by atoms with van der Waals surface area (Å²) in [6.45, 7) is 0. The van der Waals surface area contributed by atoms with Crippen LogP contribution in [-0.4, -0.2) is 12.2 Å². The van der Waals surface area contributed by atoms with Crippen LogP contribution in [0, 0.1) is 10.8 Å². The van der Waals surface area contributed by atoms with Crippen molar-refractivity contribution < 1.29 is 9.59 Å². The molecule has 0 radical (unpaired) electrons. The molecular weight excluding hydrogens is 661 g/mol. The van der Waals surface area contributed by atoms with E-state index in [1.165, 1.54) is 0 Å². The van der Waals surface area contributed by atoms with E-state index in [1.54, 1.807) is 0 Å². The Hall–Kier alpha value is -1.24. The van der Waals surface area contributed by atoms with Crippen molar-refractivity contribution in [3.8, 4) is 0 Å². The predicted octanol–water partition coefficient (Wildman–Crippen LogP) is 30.3. The minimum atomic E-state index is 0. The molecule has 0 aliphatic rings. The van der Waals surface area contributed by atoms with Crippen molar-refractivity contribution >= 4 is 12.2 Å². The maximum atomic E-state index is 8.35. The Morgan fingerprint density at radius 2 is 0.130 bits per heavy atom. The fourth-order valence-electron chi connectivity index (χ4n) is 0. The highest BCUT2D eigenvalue weighted by atomic mass is 16.1. The Bertz CT molecular complexity index is 78.6. The second-order valence-corrected chi connectivity index (χ2v) is 0.204. The third-order valence-electron chi connectivity index (χ3n) is 0. The first-order valence-electron chi connectivity index (χ1n) is 0.908. The molecule has 0 aliphatic carbocycles. The van der Waals surface area contributed by atoms with Gasteiger partial charge < -0.3 is 0 Å². The molecule has 0 bridgehead atoms. The van der Waals surface area contributed by atoms with E-state index in [-0.39, 0.29) is 356 Å². The molecule has 4 heteroatoms. The molecule has 0 atom stereocenters. The van der Waals surface area contributed by atoms with Crippen molar-refractivity contribution in [2.75, 3.05) is 0 Å². The van der Waals surface area contributed by atoms with Gasteiger partial charge in [-0.3, -0.25) is 0 Å². The molecule has 0 fully saturated rings. The lowest BCUT2D eigenvalue weighted by Gasteiger charge is -1.02. The molecule has 4 nitrogen and oxygen atoms in total. The van der Waals surface area contributed by atoms with Gasteiger partial charge in [0.25, 0.3) is 0 Å². The molecule has 2 N–H and O–H groups in total. The zero-order valence-electron chi connectivity index (χ0n) is 2.82. The van der Waals surface area contributed by atoms with E-state index in [1.807, 2.05) is 0 Å². The van der Waals surface area contributed by atoms with Crippen LogP contribution in [0.25, 0.3) is 0 Å². The Balaban J connectivity index is -0.0000000000654. The summed E-state index contributed by atoms with van der Waals surface area (Å²) in [5.41, 5.74) is 0. The molecule has 0 aromatic carbocycles. The van der Waals surface area contributed by atoms with Crippen molar-refractivity contribution in [1.29, 1.82) is 10.8 Å². The van der Waals surface area contributed by atoms with Crippen LogP contribution >= 0.6 is 0 Å². The van der Waals surface area contributed by atoms with E-state index in [9.17, 15) is 0 Å². The van der Waals surface area contributed by atoms with Crippen LogP contribution in [0.3, 0.4) is 0 Å². The third kappa shape index (κ3) is 81700. The monoisotopic (exact) mass is 856 g/mol. The summed E-state index contributed by atoms with van der Waals surface area (Å²) in [4.78, 5) is 16.7. The number of hydrogen-bond acceptors (Lipinski definition) is 4. The van der Waals surface area contributed by atoms with Gasteiger partial charge in [0.15, 0.2) is 0 Å². The van der Waals surface area contributed by atoms with E-state index >= 15 is 0 Å². The number of nitrogens with one attached hydrogen (secondary N) is 2. The molecule has 0 aromatic heterocycles. The molecule has 0 amide bonds. The second-order valence-electron chi connectivity index (χ2n) is 0.204. The van der Waals surface area contributed by atoms with Gasteiger partial charge in [-0.25, -0.2) is 20.4 Å². The predicted molar refractivity (Wildman–Crippen MR) is 340 cm³/mol. The average molecular weight is 856 g/mol. The lowest BCUT2D eigenvalue weighted by atomic mass is 11.7. The van der Waals surface area contributed by atoms with Gasteiger partial charge in [-0.1, -0.05) is 356 Å². The molecule has 0 saturated carbocycles. The zero-order chi connectivity index (χ0) is 5.41. The fourth-order valence-corrected chi connectivity index (χ4v) is 0. The van der Waals surface area contributed by atoms with Crippen LogP contribution < -0.4 is 0 Å². The molecule has 416 valence electrons. The smallest absolute Gasteiger partial charge is 0.222 e. The standard InChI is InChI=1S/2CHNO.48CH4/c2*2-1-3;;;;;;;;;;;;;;;;;;;;;;;;;;;;;;;;;;;;;;;;;;;;;;;;/h2*2H;48*1H4. The third-order valence-corrected chi connectivity index (χ3v) is 0. The fraction of sp³-hybridized carbons (Fsp3) is 0.960. The first-order chi connectivity index (χ1) is 2.83. The van der Waals surface area contributed by atoms with Gasteiger partial charge in [0, 0.05) is 0 Å². The summed E-state index contributed by atoms with van der Waals surface area (Å²) in [5, 5.41) is 10.8. The summed E-state index contributed by atoms with van der Waals surface area (Å²) in [6.07, 6.45) is 1.50. The maximum absolute atomic E-state index is 8.35. The molecule has 0 aromatic rings. The van der Waals surface area contributed by atoms with Gasteiger partial charge in [0.1, 0.15) is 0 Å². The number of rotatable bonds is 0. The van der Waals surface area contributed by atoms with E-state index in [4.69, 9.17) is 20.4 Å². The van der Waals surface area contributed by atoms with Crippen LogP contribution in [0.2, 0.25) is 0 Å². The van der Waals surface area contributed by atoms with E-state index in [0.717, 1.165) is 12.2 Å². The topological polar surface area (TPSA) is 81.8 Å². The first-order valence-corrected chi connectivity index (χ1v) is 0.908. The highest BCUT2D eigenvalue weighted by Crippen LogP contribution is 0.871. The van der Waals surface area contributed by atoms with E-state index in [0.29, 0.717) is 0 Å². The summed E-state index contributed by atoms with van der Waals surface area (Å²) < 4.78 is 0. The van der Waals surface area contributed by atoms with Crippen LogP contribution in [0.15, 0.2) is 0 Å². The highest BCUT2D eigenvalue weighted by molar-refractivity contribution is 5.26. The van der Waals surface area contributed by atoms with Crippen LogP contribution in [0.4, 0.5) is 0 Å². The van der Waals surface area contributed by atoms with Gasteiger partial charge in [-0.05, 0) is 0 Å². The van der Waals surface area contributed by atoms with Crippen LogP contribution in [0.5, 0.6) is 0 Å². The molecule has 0 heterocycles. The second kappa shape index (κ2) is 231000. The lowest BCUT2D eigenvalue weighted by molar-refractivity contribution is 0.562. The largest absolute Gasteiger partial charge is 0.231 e. The Labute approximate surface area is 388 Å². The van der Waals surface area contributed by atoms with Crippen LogP contribution in [-0.2, 0) is 9.59 Å². The Morgan fingerprint density at radius 1 is 0.130 bits per heavy atom. The molecule has 0 aliphatic heterocycles. The zero-order valence-corrected chi connectivity index (χ0v) is 2.82. The van der Waals surface area contributed by atoms with Crippen molar-refractivity contribution in [3.63, 3.8) is 0 Å². The van der Waals surface area contributed by atoms with E-state index < -0.39 is 0 Å². The minimum Gasteiger partial charge on any atom is -0.222 e. The maximum Gasteiger partial charge on any atom is 0.231 e. The van der Waals surface area contributed by atoms with Crippen molar-refractivity contribution in [3.05, 3.63) is 0 Å². The molecule has 54 heavy (non-hydrogen) atoms. The average Bonchev–Trinajstić information content (AvgIpc) is 1.39. The van der Waals surface area contributed by atoms with Crippen molar-refractivity contribution in [2.24, 2.45) is 0 Å². The Kier molecular flexibility index (Phi) is 79300000. The van der Waals surface area contributed by atoms with Gasteiger partial charge in [0.2, 0.25) is 12.2 Å². The molecule has 0 unspecified atom stereocenters. The Morgan fingerprint density at radius 3 is 0.130 bits per heavy atom. The number of hydrogen-bond donors (Lipinski definition) is 2. The molecule has 0 rings (SSSR count). The summed E-state index contributed by atoms with van der Waals surface area (Å²) in [5.74, 6) is 0. The van der Waals surface area contributed by atoms with E-state index in [2.05, 4.69) is 0 Å². The SMILES string of the molecule is C.C.C.C.C.C.C.C.C.C.C.C.C.C.C.C.C.C.C.C.C.C.C.C.C.C.C.C.C.C.C.C.C.C.C.C.C.C.C.C.C.C.C.C.C.C.C.C.N=C=O.N=C=O. The summed E-state index contributed by atoms with van der Waals surface area (Å²) in [7, 11) is 0. The van der Waals surface area contributed by atoms with Crippen LogP contribution in [0.1, 0.15) is 356 Å². The first kappa shape index (κ1) is 18600. The molecule has 0 saturated heterocycles. The number of isocyanates is 2. The summed E-state index contributed by atoms with van der Waals surface area (Å²) in [6, 6.07) is 0. The van der Waals surface area contributed by atoms with Crippen molar-refractivity contribution in [2.45, 2.75) is 356 Å². The van der Waals surface area contributed by atoms with Gasteiger partial charge in [-0.2, -0.15) is 0 Å². The van der Waals surface area contributed by atoms with Crippen molar-refractivity contribution in [1.82, 2.24) is 0 Å². The lowest BCUT2D eigenvalue weighted by Crippen LogP contribution is -1.16. The van der Waals surface area contributed by atoms with Gasteiger partial charge in [-0.15, -0.1) is 0 Å². The minimum absolute atomic E-state index is 0. The summed E-state index contributed by atoms with van der Waals surface area (Å²) >= 11 is 0. The molecule has 0 spiro atoms. The number of carbonyl (C=O) groups excluding carboxylic acids is 2. The quantitative estimate of drug-likeness (QED) is 0.188. The van der Waals surface area contributed by atoms with Gasteiger partial charge >= 0.3 is 0 Å². The normalized spacial score (nSPS) is 0.296. The molecular formula is C50H194N2O2. The highest BCUT2D eigenvalue weighted by Gasteiger charge is 1.04.